The van der Waals surface area contributed by atoms with Gasteiger partial charge in [-0.15, -0.1) is 0 Å². The highest BCUT2D eigenvalue weighted by Gasteiger charge is 2.07. The molecule has 0 bridgehead atoms. The summed E-state index contributed by atoms with van der Waals surface area (Å²) < 4.78 is 37.1. The van der Waals surface area contributed by atoms with Gasteiger partial charge in [-0.3, -0.25) is 4.57 Å². The second-order valence-corrected chi connectivity index (χ2v) is 8.68. The third-order valence-electron chi connectivity index (χ3n) is 5.10. The molecule has 0 saturated carbocycles. The Kier molecular flexibility index (Phi) is 8.14. The lowest BCUT2D eigenvalue weighted by molar-refractivity contribution is 0.209. The van der Waals surface area contributed by atoms with Gasteiger partial charge in [0.15, 0.2) is 0 Å². The van der Waals surface area contributed by atoms with E-state index in [0.717, 1.165) is 22.6 Å². The normalized spacial score (nSPS) is 11.1. The topological polar surface area (TPSA) is 89.6 Å². The van der Waals surface area contributed by atoms with Gasteiger partial charge in [0.2, 0.25) is 0 Å². The Hall–Kier alpha value is -3.39. The van der Waals surface area contributed by atoms with Gasteiger partial charge < -0.3 is 27.7 Å². The first-order valence-corrected chi connectivity index (χ1v) is 11.9. The second kappa shape index (κ2) is 11.7. The molecule has 0 aliphatic heterocycles. The minimum absolute atomic E-state index is 0.110. The molecule has 0 unspecified atom stereocenters. The molecule has 0 aliphatic rings. The van der Waals surface area contributed by atoms with E-state index in [0.29, 0.717) is 24.5 Å². The third kappa shape index (κ3) is 6.81. The first-order chi connectivity index (χ1) is 16.6. The van der Waals surface area contributed by atoms with Gasteiger partial charge in [0.05, 0.1) is 51.5 Å². The van der Waals surface area contributed by atoms with Gasteiger partial charge in [0, 0.05) is 25.5 Å². The molecule has 0 aliphatic carbocycles. The van der Waals surface area contributed by atoms with Crippen LogP contribution in [0.2, 0.25) is 0 Å². The maximum absolute atomic E-state index is 12.2. The van der Waals surface area contributed by atoms with Crippen molar-refractivity contribution in [3.63, 3.8) is 0 Å². The number of benzene rings is 2. The summed E-state index contributed by atoms with van der Waals surface area (Å²) in [6.45, 7) is 1.56. The van der Waals surface area contributed by atoms with E-state index in [-0.39, 0.29) is 13.2 Å². The Morgan fingerprint density at radius 1 is 0.706 bits per heavy atom. The number of rotatable bonds is 12. The molecule has 2 aromatic heterocycles. The molecule has 9 nitrogen and oxygen atoms in total. The molecular weight excluding hydrogens is 455 g/mol. The molecule has 0 spiro atoms. The van der Waals surface area contributed by atoms with Crippen LogP contribution in [0.4, 0.5) is 0 Å². The lowest BCUT2D eigenvalue weighted by Gasteiger charge is -2.05. The SMILES string of the molecule is COc1ccc(Cn2cnc(CO[PH](=O)OCc3cn(Cc4ccc(OC)cc4)cn3)c2)cc1. The zero-order valence-corrected chi connectivity index (χ0v) is 20.1. The van der Waals surface area contributed by atoms with Crippen molar-refractivity contribution in [2.24, 2.45) is 0 Å². The minimum Gasteiger partial charge on any atom is -0.497 e. The summed E-state index contributed by atoms with van der Waals surface area (Å²) in [5.41, 5.74) is 3.60. The molecule has 178 valence electrons. The summed E-state index contributed by atoms with van der Waals surface area (Å²) in [6, 6.07) is 15.7. The summed E-state index contributed by atoms with van der Waals surface area (Å²) in [6.07, 6.45) is 7.16. The van der Waals surface area contributed by atoms with E-state index < -0.39 is 8.25 Å². The summed E-state index contributed by atoms with van der Waals surface area (Å²) >= 11 is 0. The van der Waals surface area contributed by atoms with Gasteiger partial charge in [0.25, 0.3) is 0 Å². The van der Waals surface area contributed by atoms with Crippen molar-refractivity contribution < 1.29 is 23.1 Å². The smallest absolute Gasteiger partial charge is 0.319 e. The van der Waals surface area contributed by atoms with E-state index in [1.807, 2.05) is 70.1 Å². The molecule has 0 N–H and O–H groups in total. The summed E-state index contributed by atoms with van der Waals surface area (Å²) in [5, 5.41) is 0. The minimum atomic E-state index is -2.67. The van der Waals surface area contributed by atoms with Crippen molar-refractivity contribution in [2.45, 2.75) is 26.3 Å². The Morgan fingerprint density at radius 2 is 1.12 bits per heavy atom. The average molecular weight is 482 g/mol. The van der Waals surface area contributed by atoms with E-state index in [4.69, 9.17) is 18.5 Å². The van der Waals surface area contributed by atoms with Gasteiger partial charge in [-0.05, 0) is 35.4 Å². The molecule has 0 radical (unpaired) electrons. The zero-order valence-electron chi connectivity index (χ0n) is 19.1. The van der Waals surface area contributed by atoms with Crippen LogP contribution in [0.5, 0.6) is 11.5 Å². The fourth-order valence-corrected chi connectivity index (χ4v) is 3.94. The summed E-state index contributed by atoms with van der Waals surface area (Å²) in [7, 11) is 0.610. The number of imidazole rings is 2. The maximum Gasteiger partial charge on any atom is 0.319 e. The van der Waals surface area contributed by atoms with Crippen molar-refractivity contribution in [1.82, 2.24) is 19.1 Å². The van der Waals surface area contributed by atoms with Crippen molar-refractivity contribution in [3.05, 3.63) is 96.1 Å². The highest BCUT2D eigenvalue weighted by atomic mass is 31.1. The number of methoxy groups -OCH3 is 2. The third-order valence-corrected chi connectivity index (χ3v) is 5.86. The van der Waals surface area contributed by atoms with Crippen LogP contribution in [0.3, 0.4) is 0 Å². The number of nitrogens with zero attached hydrogens (tertiary/aromatic N) is 4. The second-order valence-electron chi connectivity index (χ2n) is 7.60. The molecule has 2 heterocycles. The van der Waals surface area contributed by atoms with Crippen molar-refractivity contribution in [1.29, 1.82) is 0 Å². The standard InChI is InChI=1S/C24H27N4O5P/c1-30-23-7-3-19(4-8-23)11-27-13-21(25-17-27)15-32-34(29)33-16-22-14-28(18-26-22)12-20-5-9-24(31-2)10-6-20/h3-10,13-14,17-18,34H,11-12,15-16H2,1-2H3. The van der Waals surface area contributed by atoms with Gasteiger partial charge in [-0.1, -0.05) is 24.3 Å². The van der Waals surface area contributed by atoms with Gasteiger partial charge in [-0.25, -0.2) is 9.97 Å². The van der Waals surface area contributed by atoms with Crippen LogP contribution in [0.25, 0.3) is 0 Å². The molecule has 0 atom stereocenters. The summed E-state index contributed by atoms with van der Waals surface area (Å²) in [5.74, 6) is 1.63. The molecule has 0 fully saturated rings. The largest absolute Gasteiger partial charge is 0.497 e. The number of hydrogen-bond acceptors (Lipinski definition) is 7. The van der Waals surface area contributed by atoms with E-state index >= 15 is 0 Å². The van der Waals surface area contributed by atoms with Crippen LogP contribution in [-0.2, 0) is 39.9 Å². The van der Waals surface area contributed by atoms with Crippen LogP contribution >= 0.6 is 8.25 Å². The lowest BCUT2D eigenvalue weighted by atomic mass is 10.2. The predicted molar refractivity (Wildman–Crippen MR) is 127 cm³/mol. The monoisotopic (exact) mass is 482 g/mol. The fourth-order valence-electron chi connectivity index (χ4n) is 3.33. The van der Waals surface area contributed by atoms with Crippen LogP contribution in [0.15, 0.2) is 73.6 Å². The zero-order chi connectivity index (χ0) is 23.8. The Labute approximate surface area is 198 Å². The Bertz CT molecular complexity index is 1110. The average Bonchev–Trinajstić information content (AvgIpc) is 3.51. The van der Waals surface area contributed by atoms with Gasteiger partial charge >= 0.3 is 8.25 Å². The molecule has 34 heavy (non-hydrogen) atoms. The Balaban J connectivity index is 1.19. The highest BCUT2D eigenvalue weighted by molar-refractivity contribution is 7.33. The highest BCUT2D eigenvalue weighted by Crippen LogP contribution is 2.27. The quantitative estimate of drug-likeness (QED) is 0.278. The molecular formula is C24H27N4O5P. The lowest BCUT2D eigenvalue weighted by Crippen LogP contribution is -1.97. The predicted octanol–water partition coefficient (Wildman–Crippen LogP) is 4.32. The number of hydrogen-bond donors (Lipinski definition) is 0. The molecule has 0 saturated heterocycles. The van der Waals surface area contributed by atoms with Gasteiger partial charge in [-0.2, -0.15) is 0 Å². The first kappa shape index (κ1) is 23.8. The molecule has 4 aromatic rings. The van der Waals surface area contributed by atoms with E-state index in [9.17, 15) is 4.57 Å². The van der Waals surface area contributed by atoms with E-state index in [1.165, 1.54) is 0 Å². The van der Waals surface area contributed by atoms with Crippen molar-refractivity contribution in [2.75, 3.05) is 14.2 Å². The van der Waals surface area contributed by atoms with Crippen LogP contribution in [0, 0.1) is 0 Å². The maximum atomic E-state index is 12.2. The molecule has 2 aromatic carbocycles. The van der Waals surface area contributed by atoms with Crippen LogP contribution in [0.1, 0.15) is 22.5 Å². The van der Waals surface area contributed by atoms with E-state index in [1.54, 1.807) is 26.9 Å². The fraction of sp³-hybridized carbons (Fsp3) is 0.250. The van der Waals surface area contributed by atoms with Crippen LogP contribution in [-0.4, -0.2) is 33.3 Å². The number of ether oxygens (including phenoxy) is 2. The first-order valence-electron chi connectivity index (χ1n) is 10.7. The molecule has 10 heteroatoms. The summed E-state index contributed by atoms with van der Waals surface area (Å²) in [4.78, 5) is 8.60. The van der Waals surface area contributed by atoms with Crippen molar-refractivity contribution >= 4 is 8.25 Å². The van der Waals surface area contributed by atoms with Crippen molar-refractivity contribution in [3.8, 4) is 11.5 Å². The van der Waals surface area contributed by atoms with Crippen LogP contribution < -0.4 is 9.47 Å². The van der Waals surface area contributed by atoms with E-state index in [2.05, 4.69) is 9.97 Å². The van der Waals surface area contributed by atoms with Gasteiger partial charge in [0.1, 0.15) is 11.5 Å². The molecule has 4 rings (SSSR count). The molecule has 0 amide bonds. The number of aromatic nitrogens is 4. The Morgan fingerprint density at radius 3 is 1.50 bits per heavy atom.